The van der Waals surface area contributed by atoms with Crippen LogP contribution in [0.15, 0.2) is 48.5 Å². The van der Waals surface area contributed by atoms with E-state index in [1.807, 2.05) is 0 Å². The van der Waals surface area contributed by atoms with Gasteiger partial charge in [-0.1, -0.05) is 82.1 Å². The van der Waals surface area contributed by atoms with Crippen molar-refractivity contribution in [3.63, 3.8) is 0 Å². The summed E-state index contributed by atoms with van der Waals surface area (Å²) in [6.07, 6.45) is 6.64. The highest BCUT2D eigenvalue weighted by molar-refractivity contribution is 6.08. The Balaban J connectivity index is 1.90. The molecule has 0 aromatic heterocycles. The van der Waals surface area contributed by atoms with Crippen molar-refractivity contribution in [1.29, 1.82) is 0 Å². The molecule has 3 aromatic carbocycles. The van der Waals surface area contributed by atoms with Gasteiger partial charge in [-0.05, 0) is 69.7 Å². The lowest BCUT2D eigenvalue weighted by atomic mass is 9.70. The Labute approximate surface area is 152 Å². The number of rotatable bonds is 4. The van der Waals surface area contributed by atoms with Crippen LogP contribution in [0.25, 0.3) is 21.5 Å². The fourth-order valence-electron chi connectivity index (χ4n) is 4.85. The second-order valence-corrected chi connectivity index (χ2v) is 8.30. The van der Waals surface area contributed by atoms with Gasteiger partial charge in [0.1, 0.15) is 0 Å². The van der Waals surface area contributed by atoms with Crippen LogP contribution >= 0.6 is 0 Å². The maximum atomic E-state index is 2.46. The highest BCUT2D eigenvalue weighted by Crippen LogP contribution is 2.44. The molecular formula is C25H30. The maximum Gasteiger partial charge on any atom is -0.0102 e. The molecule has 0 saturated carbocycles. The highest BCUT2D eigenvalue weighted by atomic mass is 14.3. The van der Waals surface area contributed by atoms with Crippen LogP contribution in [0.4, 0.5) is 0 Å². The van der Waals surface area contributed by atoms with Gasteiger partial charge in [-0.15, -0.1) is 0 Å². The Morgan fingerprint density at radius 2 is 1.72 bits per heavy atom. The van der Waals surface area contributed by atoms with Gasteiger partial charge in [0, 0.05) is 0 Å². The summed E-state index contributed by atoms with van der Waals surface area (Å²) in [6, 6.07) is 18.4. The van der Waals surface area contributed by atoms with Crippen molar-refractivity contribution in [2.24, 2.45) is 11.8 Å². The second-order valence-electron chi connectivity index (χ2n) is 8.30. The average Bonchev–Trinajstić information content (AvgIpc) is 2.65. The van der Waals surface area contributed by atoms with E-state index in [0.29, 0.717) is 0 Å². The molecule has 0 saturated heterocycles. The number of hydrogen-bond donors (Lipinski definition) is 0. The van der Waals surface area contributed by atoms with Crippen LogP contribution in [0.5, 0.6) is 0 Å². The van der Waals surface area contributed by atoms with Crippen molar-refractivity contribution in [3.8, 4) is 0 Å². The van der Waals surface area contributed by atoms with E-state index in [0.717, 1.165) is 17.8 Å². The molecule has 2 atom stereocenters. The molecule has 0 radical (unpaired) electrons. The van der Waals surface area contributed by atoms with E-state index in [-0.39, 0.29) is 0 Å². The number of benzene rings is 3. The van der Waals surface area contributed by atoms with Gasteiger partial charge in [-0.3, -0.25) is 0 Å². The fraction of sp³-hybridized carbons (Fsp3) is 0.440. The van der Waals surface area contributed by atoms with Crippen LogP contribution in [-0.4, -0.2) is 0 Å². The lowest BCUT2D eigenvalue weighted by Gasteiger charge is -2.35. The maximum absolute atomic E-state index is 2.46. The molecule has 0 spiro atoms. The molecule has 0 N–H and O–H groups in total. The van der Waals surface area contributed by atoms with Gasteiger partial charge in [0.05, 0.1) is 0 Å². The summed E-state index contributed by atoms with van der Waals surface area (Å²) >= 11 is 0. The third-order valence-electron chi connectivity index (χ3n) is 6.42. The summed E-state index contributed by atoms with van der Waals surface area (Å²) in [5.41, 5.74) is 3.29. The number of unbranched alkanes of at least 4 members (excludes halogenated alkanes) is 1. The Kier molecular flexibility index (Phi) is 4.54. The summed E-state index contributed by atoms with van der Waals surface area (Å²) in [4.78, 5) is 0. The van der Waals surface area contributed by atoms with Gasteiger partial charge < -0.3 is 0 Å². The highest BCUT2D eigenvalue weighted by Gasteiger charge is 2.29. The normalized spacial score (nSPS) is 20.3. The van der Waals surface area contributed by atoms with Crippen molar-refractivity contribution in [2.45, 2.75) is 58.8 Å². The lowest BCUT2D eigenvalue weighted by molar-refractivity contribution is 0.303. The first-order chi connectivity index (χ1) is 12.2. The summed E-state index contributed by atoms with van der Waals surface area (Å²) in [5.74, 6) is 2.35. The molecule has 0 nitrogen and oxygen atoms in total. The van der Waals surface area contributed by atoms with E-state index in [4.69, 9.17) is 0 Å². The zero-order chi connectivity index (χ0) is 17.4. The van der Waals surface area contributed by atoms with Gasteiger partial charge in [-0.2, -0.15) is 0 Å². The molecule has 0 fully saturated rings. The topological polar surface area (TPSA) is 0 Å². The van der Waals surface area contributed by atoms with E-state index in [1.165, 1.54) is 53.6 Å². The van der Waals surface area contributed by atoms with Gasteiger partial charge in [0.2, 0.25) is 0 Å². The predicted octanol–water partition coefficient (Wildman–Crippen LogP) is 7.49. The van der Waals surface area contributed by atoms with Crippen LogP contribution in [-0.2, 0) is 6.42 Å². The molecule has 0 aliphatic heterocycles. The fourth-order valence-corrected chi connectivity index (χ4v) is 4.85. The standard InChI is InChI=1S/C25H30/c1-4-5-8-19-15-20(17(2)3)16-25-22(19)13-14-23-21-10-7-6-9-18(21)11-12-24(23)25/h6-7,9-14,17,19-20H,4-5,8,15-16H2,1-3H3. The summed E-state index contributed by atoms with van der Waals surface area (Å²) in [6.45, 7) is 7.14. The molecule has 0 amide bonds. The molecule has 0 heteroatoms. The molecule has 1 aliphatic carbocycles. The Hall–Kier alpha value is -1.82. The van der Waals surface area contributed by atoms with E-state index < -0.39 is 0 Å². The van der Waals surface area contributed by atoms with Crippen LogP contribution in [0, 0.1) is 11.8 Å². The first kappa shape index (κ1) is 16.6. The zero-order valence-corrected chi connectivity index (χ0v) is 15.9. The Morgan fingerprint density at radius 1 is 0.920 bits per heavy atom. The molecule has 25 heavy (non-hydrogen) atoms. The third-order valence-corrected chi connectivity index (χ3v) is 6.42. The van der Waals surface area contributed by atoms with Crippen LogP contribution in [0.2, 0.25) is 0 Å². The molecule has 3 aromatic rings. The molecule has 0 bridgehead atoms. The monoisotopic (exact) mass is 330 g/mol. The van der Waals surface area contributed by atoms with Crippen molar-refractivity contribution in [3.05, 3.63) is 59.7 Å². The van der Waals surface area contributed by atoms with Gasteiger partial charge in [0.15, 0.2) is 0 Å². The second kappa shape index (κ2) is 6.83. The molecule has 4 rings (SSSR count). The van der Waals surface area contributed by atoms with Crippen molar-refractivity contribution in [1.82, 2.24) is 0 Å². The minimum atomic E-state index is 0.756. The molecular weight excluding hydrogens is 300 g/mol. The largest absolute Gasteiger partial charge is 0.0654 e. The van der Waals surface area contributed by atoms with E-state index in [1.54, 1.807) is 11.1 Å². The Bertz CT molecular complexity index is 887. The van der Waals surface area contributed by atoms with Gasteiger partial charge in [0.25, 0.3) is 0 Å². The first-order valence-electron chi connectivity index (χ1n) is 10.1. The SMILES string of the molecule is CCCCC1CC(C(C)C)Cc2c1ccc1c2ccc2ccccc21. The third kappa shape index (κ3) is 2.97. The van der Waals surface area contributed by atoms with Crippen molar-refractivity contribution in [2.75, 3.05) is 0 Å². The first-order valence-corrected chi connectivity index (χ1v) is 10.1. The summed E-state index contributed by atoms with van der Waals surface area (Å²) in [7, 11) is 0. The Morgan fingerprint density at radius 3 is 2.52 bits per heavy atom. The summed E-state index contributed by atoms with van der Waals surface area (Å²) in [5, 5.41) is 5.70. The van der Waals surface area contributed by atoms with E-state index in [2.05, 4.69) is 69.3 Å². The summed E-state index contributed by atoms with van der Waals surface area (Å²) < 4.78 is 0. The zero-order valence-electron chi connectivity index (χ0n) is 15.9. The molecule has 1 aliphatic rings. The smallest absolute Gasteiger partial charge is 0.0102 e. The molecule has 2 unspecified atom stereocenters. The minimum Gasteiger partial charge on any atom is -0.0654 e. The van der Waals surface area contributed by atoms with E-state index in [9.17, 15) is 0 Å². The molecule has 0 heterocycles. The van der Waals surface area contributed by atoms with Crippen LogP contribution in [0.3, 0.4) is 0 Å². The van der Waals surface area contributed by atoms with Crippen molar-refractivity contribution < 1.29 is 0 Å². The minimum absolute atomic E-state index is 0.756. The van der Waals surface area contributed by atoms with Crippen molar-refractivity contribution >= 4 is 21.5 Å². The van der Waals surface area contributed by atoms with Crippen LogP contribution < -0.4 is 0 Å². The lowest BCUT2D eigenvalue weighted by Crippen LogP contribution is -2.23. The number of hydrogen-bond acceptors (Lipinski definition) is 0. The quantitative estimate of drug-likeness (QED) is 0.435. The predicted molar refractivity (Wildman–Crippen MR) is 110 cm³/mol. The average molecular weight is 331 g/mol. The molecule has 130 valence electrons. The van der Waals surface area contributed by atoms with Gasteiger partial charge in [-0.25, -0.2) is 0 Å². The van der Waals surface area contributed by atoms with Gasteiger partial charge >= 0.3 is 0 Å². The number of fused-ring (bicyclic) bond motifs is 5. The van der Waals surface area contributed by atoms with E-state index >= 15 is 0 Å². The van der Waals surface area contributed by atoms with Crippen LogP contribution in [0.1, 0.15) is 63.5 Å².